The second-order valence-corrected chi connectivity index (χ2v) is 8.78. The highest BCUT2D eigenvalue weighted by Gasteiger charge is 2.43. The molecule has 5 heteroatoms. The van der Waals surface area contributed by atoms with Crippen LogP contribution in [0.3, 0.4) is 0 Å². The van der Waals surface area contributed by atoms with E-state index in [1.165, 1.54) is 19.3 Å². The molecule has 0 aromatic carbocycles. The average molecular weight is 312 g/mol. The van der Waals surface area contributed by atoms with Crippen LogP contribution in [0.15, 0.2) is 0 Å². The van der Waals surface area contributed by atoms with Gasteiger partial charge in [0.2, 0.25) is 11.8 Å². The number of piperazine rings is 1. The number of carbonyl (C=O) groups is 2. The minimum atomic E-state index is -0.402. The van der Waals surface area contributed by atoms with Gasteiger partial charge < -0.3 is 10.2 Å². The number of carbonyl (C=O) groups excluding carboxylic acids is 2. The fraction of sp³-hybridized carbons (Fsp3) is 0.875. The van der Waals surface area contributed by atoms with Crippen LogP contribution in [0.2, 0.25) is 0 Å². The van der Waals surface area contributed by atoms with Crippen LogP contribution in [0.25, 0.3) is 0 Å². The Morgan fingerprint density at radius 2 is 1.86 bits per heavy atom. The lowest BCUT2D eigenvalue weighted by atomic mass is 9.83. The van der Waals surface area contributed by atoms with Crippen molar-refractivity contribution in [3.63, 3.8) is 0 Å². The van der Waals surface area contributed by atoms with E-state index in [9.17, 15) is 9.59 Å². The SMILES string of the molecule is CSC1(CN2CC(=O)NC(C(C)(C)C)C2=O)CCCCC1. The monoisotopic (exact) mass is 312 g/mol. The van der Waals surface area contributed by atoms with Crippen LogP contribution >= 0.6 is 11.8 Å². The number of amides is 2. The van der Waals surface area contributed by atoms with Gasteiger partial charge in [0.1, 0.15) is 6.04 Å². The van der Waals surface area contributed by atoms with Crippen molar-refractivity contribution in [3.8, 4) is 0 Å². The van der Waals surface area contributed by atoms with Crippen molar-refractivity contribution in [2.75, 3.05) is 19.3 Å². The van der Waals surface area contributed by atoms with Gasteiger partial charge in [-0.3, -0.25) is 9.59 Å². The maximum Gasteiger partial charge on any atom is 0.246 e. The molecule has 2 rings (SSSR count). The van der Waals surface area contributed by atoms with Crippen molar-refractivity contribution in [1.29, 1.82) is 0 Å². The zero-order valence-electron chi connectivity index (χ0n) is 13.7. The number of rotatable bonds is 3. The molecule has 2 aliphatic rings. The lowest BCUT2D eigenvalue weighted by molar-refractivity contribution is -0.147. The van der Waals surface area contributed by atoms with Crippen molar-refractivity contribution in [3.05, 3.63) is 0 Å². The largest absolute Gasteiger partial charge is 0.342 e. The Hall–Kier alpha value is -0.710. The first kappa shape index (κ1) is 16.7. The van der Waals surface area contributed by atoms with Crippen molar-refractivity contribution < 1.29 is 9.59 Å². The Balaban J connectivity index is 2.14. The van der Waals surface area contributed by atoms with Gasteiger partial charge in [-0.1, -0.05) is 40.0 Å². The quantitative estimate of drug-likeness (QED) is 0.871. The molecule has 4 nitrogen and oxygen atoms in total. The third-order valence-electron chi connectivity index (χ3n) is 4.74. The van der Waals surface area contributed by atoms with Gasteiger partial charge in [0.25, 0.3) is 0 Å². The zero-order chi connectivity index (χ0) is 15.7. The van der Waals surface area contributed by atoms with E-state index in [1.54, 1.807) is 4.90 Å². The molecule has 2 fully saturated rings. The topological polar surface area (TPSA) is 49.4 Å². The summed E-state index contributed by atoms with van der Waals surface area (Å²) in [5, 5.41) is 2.87. The highest BCUT2D eigenvalue weighted by atomic mass is 32.2. The Morgan fingerprint density at radius 3 is 2.38 bits per heavy atom. The second-order valence-electron chi connectivity index (χ2n) is 7.51. The molecule has 21 heavy (non-hydrogen) atoms. The highest BCUT2D eigenvalue weighted by Crippen LogP contribution is 2.39. The van der Waals surface area contributed by atoms with Crippen LogP contribution < -0.4 is 5.32 Å². The molecule has 0 aromatic heterocycles. The highest BCUT2D eigenvalue weighted by molar-refractivity contribution is 8.00. The first-order valence-electron chi connectivity index (χ1n) is 7.91. The number of thioether (sulfide) groups is 1. The summed E-state index contributed by atoms with van der Waals surface area (Å²) in [4.78, 5) is 26.6. The molecule has 1 saturated carbocycles. The fourth-order valence-corrected chi connectivity index (χ4v) is 4.38. The van der Waals surface area contributed by atoms with Crippen LogP contribution in [0, 0.1) is 5.41 Å². The minimum absolute atomic E-state index is 0.0263. The lowest BCUT2D eigenvalue weighted by Crippen LogP contribution is -2.64. The van der Waals surface area contributed by atoms with Gasteiger partial charge in [-0.25, -0.2) is 0 Å². The smallest absolute Gasteiger partial charge is 0.246 e. The maximum atomic E-state index is 12.8. The van der Waals surface area contributed by atoms with E-state index in [2.05, 4.69) is 11.6 Å². The van der Waals surface area contributed by atoms with Crippen LogP contribution in [0.5, 0.6) is 0 Å². The Morgan fingerprint density at radius 1 is 1.24 bits per heavy atom. The number of nitrogens with zero attached hydrogens (tertiary/aromatic N) is 1. The molecule has 1 heterocycles. The van der Waals surface area contributed by atoms with E-state index in [-0.39, 0.29) is 28.5 Å². The first-order chi connectivity index (χ1) is 9.77. The molecule has 2 amide bonds. The summed E-state index contributed by atoms with van der Waals surface area (Å²) < 4.78 is 0.147. The van der Waals surface area contributed by atoms with Crippen molar-refractivity contribution in [1.82, 2.24) is 10.2 Å². The molecule has 0 aromatic rings. The summed E-state index contributed by atoms with van der Waals surface area (Å²) in [6.07, 6.45) is 8.21. The lowest BCUT2D eigenvalue weighted by Gasteiger charge is -2.44. The number of nitrogens with one attached hydrogen (secondary N) is 1. The molecule has 1 aliphatic carbocycles. The summed E-state index contributed by atoms with van der Waals surface area (Å²) >= 11 is 1.87. The van der Waals surface area contributed by atoms with E-state index in [4.69, 9.17) is 0 Å². The second kappa shape index (κ2) is 6.19. The van der Waals surface area contributed by atoms with Crippen molar-refractivity contribution in [2.24, 2.45) is 5.41 Å². The van der Waals surface area contributed by atoms with Crippen molar-refractivity contribution in [2.45, 2.75) is 63.7 Å². The van der Waals surface area contributed by atoms with E-state index < -0.39 is 6.04 Å². The number of hydrogen-bond acceptors (Lipinski definition) is 3. The molecule has 1 atom stereocenters. The molecule has 0 spiro atoms. The van der Waals surface area contributed by atoms with Gasteiger partial charge in [0.15, 0.2) is 0 Å². The van der Waals surface area contributed by atoms with Crippen LogP contribution in [-0.2, 0) is 9.59 Å². The average Bonchev–Trinajstić information content (AvgIpc) is 2.42. The molecule has 1 unspecified atom stereocenters. The Labute approximate surface area is 132 Å². The zero-order valence-corrected chi connectivity index (χ0v) is 14.5. The summed E-state index contributed by atoms with van der Waals surface area (Å²) in [5.41, 5.74) is -0.246. The van der Waals surface area contributed by atoms with Gasteiger partial charge in [-0.05, 0) is 24.5 Å². The predicted octanol–water partition coefficient (Wildman–Crippen LogP) is 2.43. The van der Waals surface area contributed by atoms with E-state index in [1.807, 2.05) is 32.5 Å². The normalized spacial score (nSPS) is 26.7. The summed E-state index contributed by atoms with van der Waals surface area (Å²) in [7, 11) is 0. The Bertz CT molecular complexity index is 411. The molecular weight excluding hydrogens is 284 g/mol. The van der Waals surface area contributed by atoms with Gasteiger partial charge in [-0.15, -0.1) is 0 Å². The molecule has 1 aliphatic heterocycles. The number of hydrogen-bond donors (Lipinski definition) is 1. The van der Waals surface area contributed by atoms with Gasteiger partial charge in [-0.2, -0.15) is 11.8 Å². The van der Waals surface area contributed by atoms with E-state index >= 15 is 0 Å². The molecule has 1 N–H and O–H groups in total. The molecule has 1 saturated heterocycles. The molecule has 120 valence electrons. The van der Waals surface area contributed by atoms with E-state index in [0.29, 0.717) is 6.54 Å². The molecule has 0 bridgehead atoms. The summed E-state index contributed by atoms with van der Waals surface area (Å²) in [6, 6.07) is -0.402. The molecular formula is C16H28N2O2S. The first-order valence-corrected chi connectivity index (χ1v) is 9.13. The summed E-state index contributed by atoms with van der Waals surface area (Å²) in [6.45, 7) is 6.94. The van der Waals surface area contributed by atoms with Gasteiger partial charge >= 0.3 is 0 Å². The maximum absolute atomic E-state index is 12.8. The summed E-state index contributed by atoms with van der Waals surface area (Å²) in [5.74, 6) is 0.0580. The van der Waals surface area contributed by atoms with E-state index in [0.717, 1.165) is 12.8 Å². The minimum Gasteiger partial charge on any atom is -0.342 e. The van der Waals surface area contributed by atoms with Gasteiger partial charge in [0.05, 0.1) is 6.54 Å². The van der Waals surface area contributed by atoms with Crippen LogP contribution in [0.4, 0.5) is 0 Å². The third kappa shape index (κ3) is 3.74. The predicted molar refractivity (Wildman–Crippen MR) is 87.3 cm³/mol. The van der Waals surface area contributed by atoms with Gasteiger partial charge in [0, 0.05) is 11.3 Å². The fourth-order valence-electron chi connectivity index (χ4n) is 3.39. The Kier molecular flexibility index (Phi) is 4.91. The third-order valence-corrected chi connectivity index (χ3v) is 6.14. The molecule has 0 radical (unpaired) electrons. The van der Waals surface area contributed by atoms with Crippen LogP contribution in [-0.4, -0.2) is 46.8 Å². The van der Waals surface area contributed by atoms with Crippen molar-refractivity contribution >= 4 is 23.6 Å². The standard InChI is InChI=1S/C16H28N2O2S/c1-15(2,3)13-14(20)18(10-12(19)17-13)11-16(21-4)8-6-5-7-9-16/h13H,5-11H2,1-4H3,(H,17,19). The van der Waals surface area contributed by atoms with Crippen LogP contribution in [0.1, 0.15) is 52.9 Å².